The van der Waals surface area contributed by atoms with E-state index < -0.39 is 7.14 Å². The molecule has 0 aliphatic heterocycles. The lowest BCUT2D eigenvalue weighted by Gasteiger charge is -2.23. The topological polar surface area (TPSA) is 17.1 Å². The van der Waals surface area contributed by atoms with Gasteiger partial charge in [0, 0.05) is 15.9 Å². The number of benzene rings is 9. The van der Waals surface area contributed by atoms with Crippen LogP contribution in [0.15, 0.2) is 261 Å². The van der Waals surface area contributed by atoms with Gasteiger partial charge in [-0.05, 0) is 66.8 Å². The summed E-state index contributed by atoms with van der Waals surface area (Å²) >= 11 is 0. The summed E-state index contributed by atoms with van der Waals surface area (Å²) in [5.41, 5.74) is 13.4. The molecule has 0 saturated carbocycles. The molecule has 0 radical (unpaired) electrons. The van der Waals surface area contributed by atoms with Gasteiger partial charge in [0.2, 0.25) is 0 Å². The van der Waals surface area contributed by atoms with Crippen LogP contribution in [0.2, 0.25) is 0 Å². The quantitative estimate of drug-likeness (QED) is 0.0943. The van der Waals surface area contributed by atoms with Gasteiger partial charge in [0.05, 0.1) is 0 Å². The second kappa shape index (κ2) is 17.7. The van der Waals surface area contributed by atoms with E-state index in [0.717, 1.165) is 82.7 Å². The molecule has 60 heavy (non-hydrogen) atoms. The summed E-state index contributed by atoms with van der Waals surface area (Å²) in [5.74, 6) is 0. The molecule has 0 aromatic heterocycles. The summed E-state index contributed by atoms with van der Waals surface area (Å²) in [4.78, 5) is 0. The standard InChI is InChI=1S/C58H43OP/c59-60(52-34-20-7-21-35-52,53-40-36-50(37-41-53)57(48-30-16-5-17-31-48)55(44-22-8-1-9-23-44)45-24-10-2-11-25-45)54-42-38-51(39-43-54)58(49-32-18-6-19-33-49)56(46-26-12-3-13-27-46)47-28-14-4-15-29-47/h1-43H. The van der Waals surface area contributed by atoms with Crippen LogP contribution in [0.4, 0.5) is 0 Å². The lowest BCUT2D eigenvalue weighted by atomic mass is 9.86. The fraction of sp³-hybridized carbons (Fsp3) is 0. The van der Waals surface area contributed by atoms with Crippen molar-refractivity contribution in [1.82, 2.24) is 0 Å². The molecule has 0 fully saturated rings. The van der Waals surface area contributed by atoms with E-state index in [1.807, 2.05) is 30.3 Å². The van der Waals surface area contributed by atoms with Gasteiger partial charge >= 0.3 is 0 Å². The molecule has 0 bridgehead atoms. The maximum Gasteiger partial charge on any atom is 0.171 e. The van der Waals surface area contributed by atoms with Crippen LogP contribution in [0.25, 0.3) is 22.3 Å². The summed E-state index contributed by atoms with van der Waals surface area (Å²) in [6.07, 6.45) is 0. The highest BCUT2D eigenvalue weighted by Gasteiger charge is 2.30. The van der Waals surface area contributed by atoms with Crippen LogP contribution in [0.1, 0.15) is 44.5 Å². The minimum Gasteiger partial charge on any atom is -0.309 e. The number of hydrogen-bond donors (Lipinski definition) is 0. The molecule has 2 heteroatoms. The van der Waals surface area contributed by atoms with E-state index in [4.69, 9.17) is 0 Å². The molecule has 0 N–H and O–H groups in total. The first kappa shape index (κ1) is 38.2. The van der Waals surface area contributed by atoms with Crippen molar-refractivity contribution in [2.75, 3.05) is 0 Å². The lowest BCUT2D eigenvalue weighted by molar-refractivity contribution is 0.592. The van der Waals surface area contributed by atoms with Crippen molar-refractivity contribution in [2.24, 2.45) is 0 Å². The van der Waals surface area contributed by atoms with E-state index in [9.17, 15) is 0 Å². The normalized spacial score (nSPS) is 11.1. The average Bonchev–Trinajstić information content (AvgIpc) is 3.34. The predicted octanol–water partition coefficient (Wildman–Crippen LogP) is 13.3. The van der Waals surface area contributed by atoms with Gasteiger partial charge in [0.15, 0.2) is 7.14 Å². The van der Waals surface area contributed by atoms with E-state index >= 15 is 4.57 Å². The van der Waals surface area contributed by atoms with Crippen LogP contribution in [0, 0.1) is 0 Å². The fourth-order valence-corrected chi connectivity index (χ4v) is 10.8. The maximum absolute atomic E-state index is 16.0. The molecule has 0 heterocycles. The van der Waals surface area contributed by atoms with Crippen molar-refractivity contribution in [1.29, 1.82) is 0 Å². The van der Waals surface area contributed by atoms with Gasteiger partial charge in [0.25, 0.3) is 0 Å². The molecule has 0 aliphatic rings. The highest BCUT2D eigenvalue weighted by molar-refractivity contribution is 7.85. The summed E-state index contributed by atoms with van der Waals surface area (Å²) in [6, 6.07) is 90.3. The molecule has 0 amide bonds. The van der Waals surface area contributed by atoms with E-state index in [0.29, 0.717) is 0 Å². The average molecular weight is 787 g/mol. The SMILES string of the molecule is O=P(c1ccccc1)(c1ccc(C(=C(c2ccccc2)c2ccccc2)c2ccccc2)cc1)c1ccc(C(=C(c2ccccc2)c2ccccc2)c2ccccc2)cc1. The Balaban J connectivity index is 1.21. The Morgan fingerprint density at radius 2 is 0.367 bits per heavy atom. The molecule has 286 valence electrons. The largest absolute Gasteiger partial charge is 0.309 e. The maximum atomic E-state index is 16.0. The number of rotatable bonds is 11. The van der Waals surface area contributed by atoms with Crippen LogP contribution in [-0.4, -0.2) is 0 Å². The number of hydrogen-bond acceptors (Lipinski definition) is 1. The third-order valence-electron chi connectivity index (χ3n) is 11.0. The monoisotopic (exact) mass is 786 g/mol. The molecule has 0 atom stereocenters. The van der Waals surface area contributed by atoms with Crippen LogP contribution in [0.3, 0.4) is 0 Å². The Morgan fingerprint density at radius 3 is 0.583 bits per heavy atom. The van der Waals surface area contributed by atoms with Gasteiger partial charge < -0.3 is 4.57 Å². The molecule has 0 spiro atoms. The minimum absolute atomic E-state index is 0.784. The molecular formula is C58H43OP. The molecule has 9 aromatic rings. The third-order valence-corrected chi connectivity index (χ3v) is 14.1. The molecule has 1 nitrogen and oxygen atoms in total. The van der Waals surface area contributed by atoms with E-state index in [-0.39, 0.29) is 0 Å². The first-order chi connectivity index (χ1) is 29.7. The third kappa shape index (κ3) is 7.80. The zero-order valence-corrected chi connectivity index (χ0v) is 34.1. The molecule has 0 saturated heterocycles. The van der Waals surface area contributed by atoms with Crippen LogP contribution < -0.4 is 15.9 Å². The molecule has 9 aromatic carbocycles. The van der Waals surface area contributed by atoms with Crippen molar-refractivity contribution in [3.05, 3.63) is 305 Å². The predicted molar refractivity (Wildman–Crippen MR) is 255 cm³/mol. The first-order valence-electron chi connectivity index (χ1n) is 20.4. The Hall–Kier alpha value is -7.31. The zero-order chi connectivity index (χ0) is 40.6. The zero-order valence-electron chi connectivity index (χ0n) is 33.2. The molecular weight excluding hydrogens is 744 g/mol. The highest BCUT2D eigenvalue weighted by atomic mass is 31.2. The van der Waals surface area contributed by atoms with Gasteiger partial charge in [-0.2, -0.15) is 0 Å². The van der Waals surface area contributed by atoms with Crippen LogP contribution >= 0.6 is 7.14 Å². The van der Waals surface area contributed by atoms with Gasteiger partial charge in [-0.1, -0.05) is 261 Å². The van der Waals surface area contributed by atoms with E-state index in [2.05, 4.69) is 231 Å². The van der Waals surface area contributed by atoms with Gasteiger partial charge in [-0.25, -0.2) is 0 Å². The minimum atomic E-state index is -3.33. The molecule has 0 aliphatic carbocycles. The van der Waals surface area contributed by atoms with Crippen LogP contribution in [0.5, 0.6) is 0 Å². The van der Waals surface area contributed by atoms with Crippen molar-refractivity contribution in [3.63, 3.8) is 0 Å². The van der Waals surface area contributed by atoms with Gasteiger partial charge in [0.1, 0.15) is 0 Å². The van der Waals surface area contributed by atoms with Crippen molar-refractivity contribution in [3.8, 4) is 0 Å². The smallest absolute Gasteiger partial charge is 0.171 e. The second-order valence-electron chi connectivity index (χ2n) is 14.7. The van der Waals surface area contributed by atoms with Gasteiger partial charge in [-0.3, -0.25) is 0 Å². The molecule has 9 rings (SSSR count). The fourth-order valence-electron chi connectivity index (χ4n) is 8.21. The summed E-state index contributed by atoms with van der Waals surface area (Å²) in [5, 5.41) is 2.37. The van der Waals surface area contributed by atoms with Crippen molar-refractivity contribution < 1.29 is 4.57 Å². The van der Waals surface area contributed by atoms with Crippen molar-refractivity contribution in [2.45, 2.75) is 0 Å². The van der Waals surface area contributed by atoms with Crippen molar-refractivity contribution >= 4 is 45.3 Å². The summed E-state index contributed by atoms with van der Waals surface area (Å²) in [6.45, 7) is 0. The second-order valence-corrected chi connectivity index (χ2v) is 17.5. The Labute approximate surface area is 353 Å². The Morgan fingerprint density at radius 1 is 0.200 bits per heavy atom. The summed E-state index contributed by atoms with van der Waals surface area (Å²) in [7, 11) is -3.33. The Kier molecular flexibility index (Phi) is 11.3. The van der Waals surface area contributed by atoms with Crippen LogP contribution in [-0.2, 0) is 4.57 Å². The van der Waals surface area contributed by atoms with E-state index in [1.165, 1.54) is 0 Å². The Bertz CT molecular complexity index is 2640. The highest BCUT2D eigenvalue weighted by Crippen LogP contribution is 2.45. The van der Waals surface area contributed by atoms with E-state index in [1.54, 1.807) is 0 Å². The van der Waals surface area contributed by atoms with Gasteiger partial charge in [-0.15, -0.1) is 0 Å². The first-order valence-corrected chi connectivity index (χ1v) is 22.1. The molecule has 0 unspecified atom stereocenters. The summed E-state index contributed by atoms with van der Waals surface area (Å²) < 4.78 is 16.0. The lowest BCUT2D eigenvalue weighted by Crippen LogP contribution is -2.25.